The van der Waals surface area contributed by atoms with Crippen LogP contribution < -0.4 is 86.7 Å². The number of guanidine groups is 1. The lowest BCUT2D eigenvalue weighted by atomic mass is 10.00. The number of aliphatic hydroxyl groups excluding tert-OH is 1. The van der Waals surface area contributed by atoms with Gasteiger partial charge in [0.2, 0.25) is 106 Å². The predicted octanol–water partition coefficient (Wildman–Crippen LogP) is -2.85. The summed E-state index contributed by atoms with van der Waals surface area (Å²) in [6, 6.07) is 0.252. The summed E-state index contributed by atoms with van der Waals surface area (Å²) in [5, 5.41) is 51.8. The summed E-state index contributed by atoms with van der Waals surface area (Å²) in [5.41, 5.74) is 25.5. The molecule has 2 aliphatic rings. The second-order valence-corrected chi connectivity index (χ2v) is 35.5. The summed E-state index contributed by atoms with van der Waals surface area (Å²) in [6.07, 6.45) is 4.30. The van der Waals surface area contributed by atoms with Crippen LogP contribution in [-0.4, -0.2) is 300 Å². The minimum atomic E-state index is -1.92. The highest BCUT2D eigenvalue weighted by molar-refractivity contribution is 8.00. The van der Waals surface area contributed by atoms with Crippen molar-refractivity contribution in [1.29, 1.82) is 5.41 Å². The number of nitrogens with zero attached hydrogens (tertiary/aromatic N) is 5. The highest BCUT2D eigenvalue weighted by atomic mass is 32.2. The number of para-hydroxylation sites is 2. The summed E-state index contributed by atoms with van der Waals surface area (Å²) in [6.45, 7) is 6.42. The topological polar surface area (TPSA) is 673 Å². The van der Waals surface area contributed by atoms with Crippen LogP contribution in [0.5, 0.6) is 0 Å². The number of hydrogen-bond acceptors (Lipinski definition) is 22. The van der Waals surface area contributed by atoms with Crippen LogP contribution in [0.1, 0.15) is 147 Å². The number of aliphatic hydroxyl groups is 1. The third-order valence-electron chi connectivity index (χ3n) is 23.7. The Morgan fingerprint density at radius 3 is 1.62 bits per heavy atom. The second kappa shape index (κ2) is 52.6. The summed E-state index contributed by atoms with van der Waals surface area (Å²) in [7, 11) is 3.92. The Balaban J connectivity index is 1.21. The molecule has 0 saturated carbocycles. The molecule has 14 atom stereocenters. The molecule has 8 rings (SSSR count). The maximum Gasteiger partial charge on any atom is 0.246 e. The van der Waals surface area contributed by atoms with E-state index in [0.29, 0.717) is 69.9 Å². The maximum absolute atomic E-state index is 15.8. The molecule has 0 spiro atoms. The van der Waals surface area contributed by atoms with Crippen LogP contribution in [0, 0.1) is 11.3 Å². The first-order valence-electron chi connectivity index (χ1n) is 45.4. The molecule has 5 heterocycles. The Morgan fingerprint density at radius 2 is 1.03 bits per heavy atom. The third-order valence-corrected chi connectivity index (χ3v) is 24.7. The van der Waals surface area contributed by atoms with Gasteiger partial charge in [0.15, 0.2) is 5.96 Å². The maximum atomic E-state index is 15.8. The number of thioether (sulfide) groups is 1. The van der Waals surface area contributed by atoms with Crippen molar-refractivity contribution in [2.24, 2.45) is 28.9 Å². The van der Waals surface area contributed by atoms with E-state index < -0.39 is 247 Å². The van der Waals surface area contributed by atoms with E-state index in [1.807, 2.05) is 13.8 Å². The molecule has 25 N–H and O–H groups in total. The number of amides is 18. The Morgan fingerprint density at radius 1 is 0.515 bits per heavy atom. The monoisotopic (exact) mass is 1910 g/mol. The molecule has 2 fully saturated rings. The van der Waals surface area contributed by atoms with Crippen LogP contribution in [0.4, 0.5) is 0 Å². The van der Waals surface area contributed by atoms with Crippen LogP contribution in [-0.2, 0) is 112 Å². The number of hydrogen-bond donors (Lipinski definition) is 21. The molecule has 44 nitrogen and oxygen atoms in total. The highest BCUT2D eigenvalue weighted by Gasteiger charge is 2.44. The van der Waals surface area contributed by atoms with Crippen molar-refractivity contribution >= 4 is 146 Å². The quantitative estimate of drug-likeness (QED) is 0.0128. The molecule has 0 unspecified atom stereocenters. The van der Waals surface area contributed by atoms with E-state index in [9.17, 15) is 53.1 Å². The Hall–Kier alpha value is -14.0. The van der Waals surface area contributed by atoms with E-state index in [-0.39, 0.29) is 83.7 Å². The van der Waals surface area contributed by atoms with E-state index in [1.165, 1.54) is 40.6 Å². The Bertz CT molecular complexity index is 5210. The van der Waals surface area contributed by atoms with Gasteiger partial charge in [-0.05, 0) is 93.0 Å². The fourth-order valence-corrected chi connectivity index (χ4v) is 17.0. The highest BCUT2D eigenvalue weighted by Crippen LogP contribution is 2.26. The average molecular weight is 1910 g/mol. The number of primary amides is 3. The first kappa shape index (κ1) is 107. The lowest BCUT2D eigenvalue weighted by Gasteiger charge is -2.36. The van der Waals surface area contributed by atoms with E-state index in [0.717, 1.165) is 31.4 Å². The van der Waals surface area contributed by atoms with Gasteiger partial charge >= 0.3 is 0 Å². The molecule has 6 aromatic rings. The standard InChI is InChI=1S/C91H129N25O19S/c1-9-11-29-70-85(130)105-60(28-20-34-98-91(95)96)79(124)112-69(78(123)101-45-75(94)120)47-136-48-76(121)103-65(37-52-22-14-13-15-23-52)87(132)113(6)51(5)77(122)109-67(41-74(93)119)89(134)116-35-21-31-71(116)86(131)108-64(40-55-44-97-49-102-55)83(128)106-62(36-50(3)4)81(126)104-61(32-33-73(92)118)80(125)107-63(38-53-42-99-58-26-18-16-24-56(53)58)82(127)111-68(46-117)84(129)110-66(39-54-43-100-59-27-19-17-25-57(54)59)88(133)115(8)72(30-12-10-2)90(135)114(70)7/h13-19,22-27,42-44,49-51,60-72,99-100,117H,9-12,20-21,28-41,45-48H2,1-8H3,(H2,92,118)(H2,93,119)(H2,94,120)(H,97,102)(H,101,123)(H,103,121)(H,104,126)(H,105,130)(H,106,128)(H,107,125)(H,108,131)(H,109,122)(H,110,129)(H,111,127)(H,112,124)(H4,95,96,98)/t51-,60+,61+,62+,63+,64+,65+,66+,67+,68+,69+,70+,71+,72+/m1/s1. The minimum absolute atomic E-state index is 0.0104. The molecule has 0 bridgehead atoms. The van der Waals surface area contributed by atoms with Crippen molar-refractivity contribution in [2.45, 2.75) is 235 Å². The van der Waals surface area contributed by atoms with Gasteiger partial charge in [0.1, 0.15) is 84.6 Å². The summed E-state index contributed by atoms with van der Waals surface area (Å²) >= 11 is 0.786. The number of nitrogens with two attached hydrogens (primary N) is 4. The number of likely N-dealkylation sites (N-methyl/N-ethyl adjacent to an activating group) is 3. The molecular formula is C91H129N25O19S. The molecular weight excluding hydrogens is 1780 g/mol. The molecule has 3 aromatic carbocycles. The van der Waals surface area contributed by atoms with Crippen molar-refractivity contribution in [2.75, 3.05) is 58.9 Å². The van der Waals surface area contributed by atoms with Gasteiger partial charge in [-0.15, -0.1) is 11.8 Å². The molecule has 136 heavy (non-hydrogen) atoms. The van der Waals surface area contributed by atoms with Gasteiger partial charge in [-0.25, -0.2) is 4.98 Å². The zero-order valence-electron chi connectivity index (χ0n) is 77.7. The Kier molecular flexibility index (Phi) is 41.5. The first-order chi connectivity index (χ1) is 64.8. The number of carbonyl (C=O) groups is 18. The second-order valence-electron chi connectivity index (χ2n) is 34.5. The molecule has 2 aliphatic heterocycles. The molecule has 0 radical (unpaired) electrons. The lowest BCUT2D eigenvalue weighted by Crippen LogP contribution is -2.62. The first-order valence-corrected chi connectivity index (χ1v) is 46.6. The van der Waals surface area contributed by atoms with Gasteiger partial charge in [-0.3, -0.25) is 91.7 Å². The van der Waals surface area contributed by atoms with Crippen molar-refractivity contribution < 1.29 is 91.4 Å². The third kappa shape index (κ3) is 31.6. The van der Waals surface area contributed by atoms with Crippen LogP contribution in [0.15, 0.2) is 104 Å². The smallest absolute Gasteiger partial charge is 0.246 e. The molecule has 2 saturated heterocycles. The number of benzene rings is 3. The summed E-state index contributed by atoms with van der Waals surface area (Å²) in [5.74, 6) is -19.0. The number of fused-ring (bicyclic) bond motifs is 3. The van der Waals surface area contributed by atoms with Crippen LogP contribution >= 0.6 is 11.8 Å². The number of H-pyrrole nitrogens is 3. The normalized spacial score (nSPS) is 23.6. The number of unbranched alkanes of at least 4 members (excludes halogenated alkanes) is 2. The number of rotatable bonds is 29. The van der Waals surface area contributed by atoms with E-state index >= 15 is 38.4 Å². The zero-order valence-corrected chi connectivity index (χ0v) is 78.5. The van der Waals surface area contributed by atoms with E-state index in [4.69, 9.17) is 28.3 Å². The van der Waals surface area contributed by atoms with Gasteiger partial charge in [0, 0.05) is 118 Å². The number of imidazole rings is 1. The molecule has 18 amide bonds. The molecule has 738 valence electrons. The summed E-state index contributed by atoms with van der Waals surface area (Å²) in [4.78, 5) is 280. The lowest BCUT2D eigenvalue weighted by molar-refractivity contribution is -0.149. The predicted molar refractivity (Wildman–Crippen MR) is 502 cm³/mol. The molecule has 45 heteroatoms. The van der Waals surface area contributed by atoms with Gasteiger partial charge in [0.05, 0.1) is 31.7 Å². The van der Waals surface area contributed by atoms with E-state index in [2.05, 4.69) is 83.7 Å². The largest absolute Gasteiger partial charge is 0.394 e. The number of nitrogens with one attached hydrogen (secondary N) is 16. The van der Waals surface area contributed by atoms with Crippen LogP contribution in [0.2, 0.25) is 0 Å². The van der Waals surface area contributed by atoms with Gasteiger partial charge in [-0.1, -0.05) is 120 Å². The van der Waals surface area contributed by atoms with Crippen molar-refractivity contribution in [3.8, 4) is 0 Å². The van der Waals surface area contributed by atoms with Gasteiger partial charge < -0.3 is 126 Å². The van der Waals surface area contributed by atoms with Gasteiger partial charge in [-0.2, -0.15) is 0 Å². The van der Waals surface area contributed by atoms with Crippen molar-refractivity contribution in [1.82, 2.24) is 103 Å². The number of carbonyl (C=O) groups excluding carboxylic acids is 18. The minimum Gasteiger partial charge on any atom is -0.394 e. The average Bonchev–Trinajstić information content (AvgIpc) is 1.11. The molecule has 3 aromatic heterocycles. The molecule has 0 aliphatic carbocycles. The van der Waals surface area contributed by atoms with Crippen LogP contribution in [0.3, 0.4) is 0 Å². The fourth-order valence-electron chi connectivity index (χ4n) is 16.1. The van der Waals surface area contributed by atoms with Crippen molar-refractivity contribution in [3.63, 3.8) is 0 Å². The van der Waals surface area contributed by atoms with Crippen LogP contribution in [0.25, 0.3) is 21.8 Å². The number of aromatic amines is 3. The summed E-state index contributed by atoms with van der Waals surface area (Å²) < 4.78 is 0. The van der Waals surface area contributed by atoms with E-state index in [1.54, 1.807) is 105 Å². The fraction of sp³-hybridized carbons (Fsp3) is 0.516. The van der Waals surface area contributed by atoms with Gasteiger partial charge in [0.25, 0.3) is 0 Å². The number of aromatic nitrogens is 4. The van der Waals surface area contributed by atoms with Crippen molar-refractivity contribution in [3.05, 3.63) is 126 Å². The Labute approximate surface area is 790 Å². The SMILES string of the molecule is CCCC[C@H]1C(=O)N(C)[C@@H](CCCC)C(=O)N[C@@H](CCCNC(=N)N)C(=O)N[C@H](C(=O)NCC(N)=O)CSCC(=O)N[C@@H](Cc2ccccc2)C(=O)N(C)[C@H](C)C(=O)N[C@@H](CC(N)=O)C(=O)N2CCC[C@H]2C(=O)N[C@@H](Cc2cnc[nH]2)C(=O)N[C@@H](CC(C)C)C(=O)N[C@@H](CCC(N)=O)C(=O)N[C@@H](Cc2c[nH]c3ccccc23)C(=O)N[C@@H](CO)C(=O)N[C@@H](Cc2c[nH]c3ccccc23)C(=O)N1C. The zero-order chi connectivity index (χ0) is 99.6.